The number of ketones is 1. The summed E-state index contributed by atoms with van der Waals surface area (Å²) < 4.78 is 0. The highest BCUT2D eigenvalue weighted by Crippen LogP contribution is 2.17. The van der Waals surface area contributed by atoms with E-state index in [-0.39, 0.29) is 11.7 Å². The van der Waals surface area contributed by atoms with Crippen LogP contribution in [0, 0.1) is 13.8 Å². The van der Waals surface area contributed by atoms with E-state index >= 15 is 0 Å². The van der Waals surface area contributed by atoms with E-state index in [0.717, 1.165) is 11.1 Å². The third-order valence-electron chi connectivity index (χ3n) is 2.68. The lowest BCUT2D eigenvalue weighted by atomic mass is 9.90. The Morgan fingerprint density at radius 2 is 1.76 bits per heavy atom. The Morgan fingerprint density at radius 3 is 2.24 bits per heavy atom. The third kappa shape index (κ3) is 3.16. The number of hydrogen-bond donors (Lipinski definition) is 1. The van der Waals surface area contributed by atoms with Crippen LogP contribution >= 0.6 is 0 Å². The summed E-state index contributed by atoms with van der Waals surface area (Å²) in [6, 6.07) is 5.69. The minimum Gasteiger partial charge on any atom is -0.344 e. The zero-order valence-corrected chi connectivity index (χ0v) is 11.0. The van der Waals surface area contributed by atoms with E-state index in [0.29, 0.717) is 5.56 Å². The summed E-state index contributed by atoms with van der Waals surface area (Å²) >= 11 is 0. The monoisotopic (exact) mass is 233 g/mol. The van der Waals surface area contributed by atoms with Gasteiger partial charge in [-0.2, -0.15) is 0 Å². The average molecular weight is 233 g/mol. The van der Waals surface area contributed by atoms with Crippen LogP contribution < -0.4 is 5.32 Å². The van der Waals surface area contributed by atoms with Crippen molar-refractivity contribution in [2.75, 3.05) is 0 Å². The van der Waals surface area contributed by atoms with Gasteiger partial charge in [-0.05, 0) is 33.3 Å². The second-order valence-electron chi connectivity index (χ2n) is 4.95. The van der Waals surface area contributed by atoms with Crippen LogP contribution in [0.15, 0.2) is 18.2 Å². The van der Waals surface area contributed by atoms with Crippen LogP contribution in [0.25, 0.3) is 0 Å². The van der Waals surface area contributed by atoms with Gasteiger partial charge < -0.3 is 5.32 Å². The molecule has 0 bridgehead atoms. The van der Waals surface area contributed by atoms with Gasteiger partial charge in [-0.25, -0.2) is 0 Å². The Balaban J connectivity index is 3.07. The Morgan fingerprint density at radius 1 is 1.18 bits per heavy atom. The number of Topliss-reactive ketones (excluding diaryl/α,β-unsaturated/α-hetero) is 1. The molecule has 1 amide bonds. The SMILES string of the molecule is CC(=O)NC(C)(C)C(=O)c1ccc(C)cc1C. The molecule has 1 rings (SSSR count). The summed E-state index contributed by atoms with van der Waals surface area (Å²) in [4.78, 5) is 23.4. The molecule has 0 atom stereocenters. The number of hydrogen-bond acceptors (Lipinski definition) is 2. The third-order valence-corrected chi connectivity index (χ3v) is 2.68. The molecule has 92 valence electrons. The average Bonchev–Trinajstić information content (AvgIpc) is 2.14. The van der Waals surface area contributed by atoms with Crippen molar-refractivity contribution in [2.45, 2.75) is 40.2 Å². The van der Waals surface area contributed by atoms with Crippen LogP contribution in [-0.4, -0.2) is 17.2 Å². The van der Waals surface area contributed by atoms with Crippen molar-refractivity contribution in [3.63, 3.8) is 0 Å². The summed E-state index contributed by atoms with van der Waals surface area (Å²) in [5.74, 6) is -0.265. The lowest BCUT2D eigenvalue weighted by Crippen LogP contribution is -2.49. The maximum Gasteiger partial charge on any atom is 0.217 e. The van der Waals surface area contributed by atoms with Gasteiger partial charge in [0.25, 0.3) is 0 Å². The summed E-state index contributed by atoms with van der Waals surface area (Å²) in [5, 5.41) is 2.67. The molecule has 3 heteroatoms. The lowest BCUT2D eigenvalue weighted by Gasteiger charge is -2.24. The van der Waals surface area contributed by atoms with Crippen LogP contribution in [0.5, 0.6) is 0 Å². The largest absolute Gasteiger partial charge is 0.344 e. The highest BCUT2D eigenvalue weighted by atomic mass is 16.2. The molecule has 0 heterocycles. The fourth-order valence-corrected chi connectivity index (χ4v) is 1.90. The van der Waals surface area contributed by atoms with E-state index in [9.17, 15) is 9.59 Å². The number of carbonyl (C=O) groups excluding carboxylic acids is 2. The van der Waals surface area contributed by atoms with Crippen molar-refractivity contribution in [3.05, 3.63) is 34.9 Å². The minimum atomic E-state index is -0.869. The number of benzene rings is 1. The Kier molecular flexibility index (Phi) is 3.71. The lowest BCUT2D eigenvalue weighted by molar-refractivity contribution is -0.120. The van der Waals surface area contributed by atoms with Crippen molar-refractivity contribution in [3.8, 4) is 0 Å². The van der Waals surface area contributed by atoms with Gasteiger partial charge >= 0.3 is 0 Å². The first-order valence-corrected chi connectivity index (χ1v) is 5.65. The molecule has 1 aromatic rings. The molecule has 0 saturated heterocycles. The maximum absolute atomic E-state index is 12.3. The van der Waals surface area contributed by atoms with Crippen LogP contribution in [-0.2, 0) is 4.79 Å². The molecule has 0 aliphatic rings. The van der Waals surface area contributed by atoms with E-state index in [4.69, 9.17) is 0 Å². The molecule has 1 N–H and O–H groups in total. The van der Waals surface area contributed by atoms with Crippen LogP contribution in [0.3, 0.4) is 0 Å². The van der Waals surface area contributed by atoms with E-state index in [2.05, 4.69) is 5.32 Å². The van der Waals surface area contributed by atoms with E-state index in [1.54, 1.807) is 13.8 Å². The quantitative estimate of drug-likeness (QED) is 0.815. The number of amides is 1. The molecule has 0 aromatic heterocycles. The summed E-state index contributed by atoms with van der Waals surface area (Å²) in [5.41, 5.74) is 1.85. The first-order valence-electron chi connectivity index (χ1n) is 5.65. The molecule has 0 fully saturated rings. The molecular formula is C14H19NO2. The topological polar surface area (TPSA) is 46.2 Å². The van der Waals surface area contributed by atoms with E-state index in [1.807, 2.05) is 32.0 Å². The summed E-state index contributed by atoms with van der Waals surface area (Å²) in [6.07, 6.45) is 0. The van der Waals surface area contributed by atoms with Gasteiger partial charge in [0.2, 0.25) is 5.91 Å². The fourth-order valence-electron chi connectivity index (χ4n) is 1.90. The Labute approximate surface area is 102 Å². The fraction of sp³-hybridized carbons (Fsp3) is 0.429. The predicted molar refractivity (Wildman–Crippen MR) is 68.1 cm³/mol. The highest BCUT2D eigenvalue weighted by molar-refractivity contribution is 6.05. The molecule has 3 nitrogen and oxygen atoms in total. The zero-order chi connectivity index (χ0) is 13.2. The summed E-state index contributed by atoms with van der Waals surface area (Å²) in [6.45, 7) is 8.74. The first kappa shape index (κ1) is 13.4. The second-order valence-corrected chi connectivity index (χ2v) is 4.95. The van der Waals surface area contributed by atoms with Crippen molar-refractivity contribution in [2.24, 2.45) is 0 Å². The molecule has 0 aliphatic carbocycles. The molecule has 0 spiro atoms. The van der Waals surface area contributed by atoms with Crippen LogP contribution in [0.2, 0.25) is 0 Å². The predicted octanol–water partition coefficient (Wildman–Crippen LogP) is 2.40. The zero-order valence-electron chi connectivity index (χ0n) is 11.0. The molecule has 0 saturated carbocycles. The molecule has 0 unspecified atom stereocenters. The van der Waals surface area contributed by atoms with Gasteiger partial charge in [0.15, 0.2) is 5.78 Å². The van der Waals surface area contributed by atoms with Gasteiger partial charge in [-0.3, -0.25) is 9.59 Å². The minimum absolute atomic E-state index is 0.0646. The smallest absolute Gasteiger partial charge is 0.217 e. The first-order chi connectivity index (χ1) is 7.74. The number of carbonyl (C=O) groups is 2. The van der Waals surface area contributed by atoms with Crippen LogP contribution in [0.4, 0.5) is 0 Å². The van der Waals surface area contributed by atoms with E-state index in [1.165, 1.54) is 6.92 Å². The number of nitrogens with one attached hydrogen (secondary N) is 1. The van der Waals surface area contributed by atoms with Gasteiger partial charge in [0.1, 0.15) is 0 Å². The van der Waals surface area contributed by atoms with Gasteiger partial charge in [0.05, 0.1) is 5.54 Å². The normalized spacial score (nSPS) is 11.1. The number of aryl methyl sites for hydroxylation is 2. The van der Waals surface area contributed by atoms with Crippen molar-refractivity contribution in [1.82, 2.24) is 5.32 Å². The molecular weight excluding hydrogens is 214 g/mol. The van der Waals surface area contributed by atoms with Crippen LogP contribution in [0.1, 0.15) is 42.3 Å². The molecule has 1 aromatic carbocycles. The molecule has 17 heavy (non-hydrogen) atoms. The summed E-state index contributed by atoms with van der Waals surface area (Å²) in [7, 11) is 0. The molecule has 0 radical (unpaired) electrons. The second kappa shape index (κ2) is 4.70. The highest BCUT2D eigenvalue weighted by Gasteiger charge is 2.30. The standard InChI is InChI=1S/C14H19NO2/c1-9-6-7-12(10(2)8-9)13(17)14(4,5)15-11(3)16/h6-8H,1-5H3,(H,15,16). The van der Waals surface area contributed by atoms with Gasteiger partial charge in [-0.1, -0.05) is 23.8 Å². The van der Waals surface area contributed by atoms with Gasteiger partial charge in [0, 0.05) is 12.5 Å². The maximum atomic E-state index is 12.3. The Bertz CT molecular complexity index is 461. The number of rotatable bonds is 3. The van der Waals surface area contributed by atoms with Crippen molar-refractivity contribution >= 4 is 11.7 Å². The van der Waals surface area contributed by atoms with Gasteiger partial charge in [-0.15, -0.1) is 0 Å². The Hall–Kier alpha value is -1.64. The van der Waals surface area contributed by atoms with E-state index < -0.39 is 5.54 Å². The van der Waals surface area contributed by atoms with Crippen molar-refractivity contribution < 1.29 is 9.59 Å². The molecule has 0 aliphatic heterocycles. The van der Waals surface area contributed by atoms with Crippen molar-refractivity contribution in [1.29, 1.82) is 0 Å².